The summed E-state index contributed by atoms with van der Waals surface area (Å²) in [6, 6.07) is 24.7. The molecule has 0 spiro atoms. The Bertz CT molecular complexity index is 1470. The molecule has 1 aliphatic rings. The molecule has 0 radical (unpaired) electrons. The van der Waals surface area contributed by atoms with Gasteiger partial charge in [-0.2, -0.15) is 4.31 Å². The lowest BCUT2D eigenvalue weighted by Crippen LogP contribution is -2.47. The lowest BCUT2D eigenvalue weighted by Gasteiger charge is -2.37. The van der Waals surface area contributed by atoms with Crippen LogP contribution in [0.25, 0.3) is 10.8 Å². The zero-order chi connectivity index (χ0) is 25.3. The monoisotopic (exact) mass is 518 g/mol. The molecule has 0 saturated heterocycles. The Hall–Kier alpha value is -3.00. The van der Waals surface area contributed by atoms with Crippen LogP contribution in [0.15, 0.2) is 89.1 Å². The minimum atomic E-state index is -3.90. The summed E-state index contributed by atoms with van der Waals surface area (Å²) in [4.78, 5) is 17.3. The smallest absolute Gasteiger partial charge is 0.244 e. The largest absolute Gasteiger partial charge is 0.330 e. The number of carbonyl (C=O) groups excluding carboxylic acids is 1. The van der Waals surface area contributed by atoms with Crippen molar-refractivity contribution >= 4 is 38.0 Å². The molecule has 0 aliphatic carbocycles. The molecule has 0 bridgehead atoms. The fourth-order valence-corrected chi connectivity index (χ4v) is 7.71. The molecule has 0 saturated carbocycles. The van der Waals surface area contributed by atoms with Crippen LogP contribution >= 0.6 is 11.3 Å². The van der Waals surface area contributed by atoms with Crippen LogP contribution < -0.4 is 0 Å². The molecule has 186 valence electrons. The number of amides is 1. The van der Waals surface area contributed by atoms with E-state index in [1.807, 2.05) is 79.4 Å². The van der Waals surface area contributed by atoms with Crippen molar-refractivity contribution in [1.29, 1.82) is 0 Å². The average Bonchev–Trinajstić information content (AvgIpc) is 3.36. The van der Waals surface area contributed by atoms with Crippen LogP contribution in [-0.2, 0) is 21.2 Å². The van der Waals surface area contributed by atoms with Crippen LogP contribution in [0.1, 0.15) is 35.9 Å². The normalized spacial score (nSPS) is 16.0. The van der Waals surface area contributed by atoms with E-state index in [1.165, 1.54) is 9.18 Å². The van der Waals surface area contributed by atoms with Crippen molar-refractivity contribution < 1.29 is 13.2 Å². The summed E-state index contributed by atoms with van der Waals surface area (Å²) >= 11 is 1.72. The van der Waals surface area contributed by atoms with Gasteiger partial charge in [-0.25, -0.2) is 8.42 Å². The van der Waals surface area contributed by atoms with E-state index < -0.39 is 10.0 Å². The quantitative estimate of drug-likeness (QED) is 0.314. The molecule has 5 nitrogen and oxygen atoms in total. The second kappa shape index (κ2) is 10.2. The highest BCUT2D eigenvalue weighted by Gasteiger charge is 2.36. The number of sulfonamides is 1. The Morgan fingerprint density at radius 1 is 1.00 bits per heavy atom. The Morgan fingerprint density at radius 3 is 2.50 bits per heavy atom. The van der Waals surface area contributed by atoms with Gasteiger partial charge in [-0.3, -0.25) is 4.79 Å². The number of nitrogens with zero attached hydrogens (tertiary/aromatic N) is 2. The topological polar surface area (TPSA) is 57.7 Å². The molecule has 0 N–H and O–H groups in total. The van der Waals surface area contributed by atoms with Gasteiger partial charge in [-0.1, -0.05) is 80.6 Å². The summed E-state index contributed by atoms with van der Waals surface area (Å²) in [6.45, 7) is 4.59. The molecule has 1 aromatic heterocycles. The van der Waals surface area contributed by atoms with Crippen LogP contribution in [0, 0.1) is 5.92 Å². The van der Waals surface area contributed by atoms with E-state index in [0.29, 0.717) is 11.9 Å². The van der Waals surface area contributed by atoms with Crippen molar-refractivity contribution in [2.24, 2.45) is 5.92 Å². The Kier molecular flexibility index (Phi) is 6.97. The number of benzene rings is 3. The molecule has 7 heteroatoms. The molecular formula is C29H30N2O3S2. The van der Waals surface area contributed by atoms with Gasteiger partial charge in [0.05, 0.1) is 17.5 Å². The van der Waals surface area contributed by atoms with Gasteiger partial charge in [-0.05, 0) is 46.4 Å². The van der Waals surface area contributed by atoms with E-state index in [4.69, 9.17) is 0 Å². The highest BCUT2D eigenvalue weighted by atomic mass is 32.2. The molecule has 1 unspecified atom stereocenters. The van der Waals surface area contributed by atoms with Gasteiger partial charge in [0.25, 0.3) is 0 Å². The number of rotatable bonds is 7. The molecule has 1 atom stereocenters. The maximum Gasteiger partial charge on any atom is 0.244 e. The second-order valence-corrected chi connectivity index (χ2v) is 12.5. The van der Waals surface area contributed by atoms with E-state index in [-0.39, 0.29) is 35.9 Å². The Morgan fingerprint density at radius 2 is 1.72 bits per heavy atom. The summed E-state index contributed by atoms with van der Waals surface area (Å²) < 4.78 is 29.3. The number of hydrogen-bond donors (Lipinski definition) is 0. The Labute approximate surface area is 217 Å². The zero-order valence-electron chi connectivity index (χ0n) is 20.5. The fraction of sp³-hybridized carbons (Fsp3) is 0.276. The first-order valence-electron chi connectivity index (χ1n) is 12.2. The van der Waals surface area contributed by atoms with Gasteiger partial charge in [0, 0.05) is 23.4 Å². The van der Waals surface area contributed by atoms with E-state index in [0.717, 1.165) is 22.9 Å². The maximum atomic E-state index is 14.0. The first kappa shape index (κ1) is 24.7. The van der Waals surface area contributed by atoms with Crippen LogP contribution in [0.4, 0.5) is 0 Å². The van der Waals surface area contributed by atoms with Crippen molar-refractivity contribution in [3.8, 4) is 0 Å². The van der Waals surface area contributed by atoms with E-state index in [2.05, 4.69) is 11.4 Å². The molecule has 0 fully saturated rings. The number of fused-ring (bicyclic) bond motifs is 2. The molecule has 1 amide bonds. The maximum absolute atomic E-state index is 14.0. The van der Waals surface area contributed by atoms with Gasteiger partial charge < -0.3 is 4.90 Å². The number of thiophene rings is 1. The molecular weight excluding hydrogens is 488 g/mol. The van der Waals surface area contributed by atoms with Gasteiger partial charge in [0.1, 0.15) is 0 Å². The van der Waals surface area contributed by atoms with Crippen LogP contribution in [-0.4, -0.2) is 43.2 Å². The Balaban J connectivity index is 1.50. The molecule has 2 heterocycles. The predicted molar refractivity (Wildman–Crippen MR) is 146 cm³/mol. The lowest BCUT2D eigenvalue weighted by molar-refractivity contribution is -0.133. The minimum absolute atomic E-state index is 0.0669. The summed E-state index contributed by atoms with van der Waals surface area (Å²) in [5, 5.41) is 3.61. The predicted octanol–water partition coefficient (Wildman–Crippen LogP) is 5.72. The minimum Gasteiger partial charge on any atom is -0.330 e. The molecule has 1 aliphatic heterocycles. The molecule has 36 heavy (non-hydrogen) atoms. The SMILES string of the molecule is CC(C)CN(CC(=O)N1CCc2sccc2C1c1ccccc1)S(=O)(=O)c1cccc2ccccc12. The van der Waals surface area contributed by atoms with Crippen molar-refractivity contribution in [1.82, 2.24) is 9.21 Å². The third-order valence-corrected chi connectivity index (χ3v) is 9.52. The third kappa shape index (κ3) is 4.71. The van der Waals surface area contributed by atoms with Crippen LogP contribution in [0.2, 0.25) is 0 Å². The summed E-state index contributed by atoms with van der Waals surface area (Å²) in [7, 11) is -3.90. The highest BCUT2D eigenvalue weighted by Crippen LogP contribution is 2.38. The summed E-state index contributed by atoms with van der Waals surface area (Å²) in [5.41, 5.74) is 2.18. The molecule has 3 aromatic carbocycles. The summed E-state index contributed by atoms with van der Waals surface area (Å²) in [6.07, 6.45) is 0.780. The number of carbonyl (C=O) groups is 1. The second-order valence-electron chi connectivity index (χ2n) is 9.62. The van der Waals surface area contributed by atoms with Gasteiger partial charge >= 0.3 is 0 Å². The lowest BCUT2D eigenvalue weighted by atomic mass is 9.93. The first-order valence-corrected chi connectivity index (χ1v) is 14.6. The standard InChI is InChI=1S/C29H30N2O3S2/c1-21(2)19-30(36(33,34)27-14-8-12-22-9-6-7-13-24(22)27)20-28(32)31-17-15-26-25(16-18-35-26)29(31)23-10-4-3-5-11-23/h3-14,16,18,21,29H,15,17,19-20H2,1-2H3. The highest BCUT2D eigenvalue weighted by molar-refractivity contribution is 7.89. The van der Waals surface area contributed by atoms with Crippen molar-refractivity contribution in [3.63, 3.8) is 0 Å². The number of hydrogen-bond acceptors (Lipinski definition) is 4. The van der Waals surface area contributed by atoms with Crippen molar-refractivity contribution in [2.75, 3.05) is 19.6 Å². The average molecular weight is 519 g/mol. The third-order valence-electron chi connectivity index (χ3n) is 6.65. The van der Waals surface area contributed by atoms with E-state index >= 15 is 0 Å². The van der Waals surface area contributed by atoms with E-state index in [9.17, 15) is 13.2 Å². The molecule has 4 aromatic rings. The van der Waals surface area contributed by atoms with Gasteiger partial charge in [-0.15, -0.1) is 11.3 Å². The van der Waals surface area contributed by atoms with Gasteiger partial charge in [0.2, 0.25) is 15.9 Å². The van der Waals surface area contributed by atoms with Crippen LogP contribution in [0.3, 0.4) is 0 Å². The summed E-state index contributed by atoms with van der Waals surface area (Å²) in [5.74, 6) is -0.109. The molecule has 5 rings (SSSR count). The zero-order valence-corrected chi connectivity index (χ0v) is 22.1. The van der Waals surface area contributed by atoms with Crippen molar-refractivity contribution in [2.45, 2.75) is 31.2 Å². The van der Waals surface area contributed by atoms with E-state index in [1.54, 1.807) is 23.5 Å². The van der Waals surface area contributed by atoms with Gasteiger partial charge in [0.15, 0.2) is 0 Å². The van der Waals surface area contributed by atoms with Crippen molar-refractivity contribution in [3.05, 3.63) is 100 Å². The fourth-order valence-electron chi connectivity index (χ4n) is 5.04. The first-order chi connectivity index (χ1) is 17.4. The van der Waals surface area contributed by atoms with Crippen LogP contribution in [0.5, 0.6) is 0 Å².